The van der Waals surface area contributed by atoms with Crippen molar-refractivity contribution in [2.24, 2.45) is 0 Å². The molecule has 2 aromatic carbocycles. The smallest absolute Gasteiger partial charge is 0.257 e. The SMILES string of the molecule is CCn1cc(C(=O)N2CC[C@H]3OCc4cccc(c4)Oc4ccc(cc4OC)CCC(=O)N(CCCOC)CC(=O)N[C@H]3C2)cn1. The number of carbonyl (C=O) groups is 3. The molecule has 1 saturated heterocycles. The Balaban J connectivity index is 1.40. The Hall–Kier alpha value is -4.42. The monoisotopic (exact) mass is 633 g/mol. The summed E-state index contributed by atoms with van der Waals surface area (Å²) in [6.45, 7) is 4.37. The number of ether oxygens (including phenoxy) is 4. The van der Waals surface area contributed by atoms with Gasteiger partial charge in [-0.1, -0.05) is 18.2 Å². The lowest BCUT2D eigenvalue weighted by atomic mass is 10.0. The first-order valence-corrected chi connectivity index (χ1v) is 15.8. The first-order valence-electron chi connectivity index (χ1n) is 15.8. The summed E-state index contributed by atoms with van der Waals surface area (Å²) in [5, 5.41) is 7.34. The van der Waals surface area contributed by atoms with Crippen LogP contribution in [-0.2, 0) is 38.6 Å². The van der Waals surface area contributed by atoms with Gasteiger partial charge in [0.05, 0.1) is 44.2 Å². The van der Waals surface area contributed by atoms with Crippen molar-refractivity contribution in [2.75, 3.05) is 47.0 Å². The van der Waals surface area contributed by atoms with Crippen LogP contribution in [0.3, 0.4) is 0 Å². The van der Waals surface area contributed by atoms with Crippen LogP contribution in [0.25, 0.3) is 0 Å². The van der Waals surface area contributed by atoms with Crippen LogP contribution in [0.4, 0.5) is 0 Å². The molecule has 3 amide bonds. The normalized spacial score (nSPS) is 19.4. The molecule has 3 aliphatic rings. The van der Waals surface area contributed by atoms with Crippen LogP contribution in [0.1, 0.15) is 47.7 Å². The number of piperidine rings is 1. The molecule has 12 nitrogen and oxygen atoms in total. The van der Waals surface area contributed by atoms with Crippen molar-refractivity contribution in [1.29, 1.82) is 0 Å². The van der Waals surface area contributed by atoms with Crippen LogP contribution in [-0.4, -0.2) is 96.5 Å². The van der Waals surface area contributed by atoms with Crippen molar-refractivity contribution < 1.29 is 33.3 Å². The maximum absolute atomic E-state index is 13.5. The fourth-order valence-electron chi connectivity index (χ4n) is 5.79. The zero-order valence-electron chi connectivity index (χ0n) is 26.8. The van der Waals surface area contributed by atoms with E-state index >= 15 is 0 Å². The topological polar surface area (TPSA) is 124 Å². The minimum absolute atomic E-state index is 0.110. The van der Waals surface area contributed by atoms with Gasteiger partial charge in [0.25, 0.3) is 5.91 Å². The molecule has 0 unspecified atom stereocenters. The van der Waals surface area contributed by atoms with Gasteiger partial charge in [-0.3, -0.25) is 19.1 Å². The highest BCUT2D eigenvalue weighted by atomic mass is 16.5. The Bertz CT molecular complexity index is 1510. The fourth-order valence-corrected chi connectivity index (χ4v) is 5.79. The van der Waals surface area contributed by atoms with Gasteiger partial charge in [0.2, 0.25) is 11.8 Å². The summed E-state index contributed by atoms with van der Waals surface area (Å²) in [4.78, 5) is 43.7. The Morgan fingerprint density at radius 1 is 1.11 bits per heavy atom. The summed E-state index contributed by atoms with van der Waals surface area (Å²) in [5.41, 5.74) is 2.32. The predicted molar refractivity (Wildman–Crippen MR) is 170 cm³/mol. The van der Waals surface area contributed by atoms with E-state index in [9.17, 15) is 14.4 Å². The van der Waals surface area contributed by atoms with Crippen LogP contribution in [0.15, 0.2) is 54.9 Å². The van der Waals surface area contributed by atoms with E-state index in [0.29, 0.717) is 68.3 Å². The third-order valence-electron chi connectivity index (χ3n) is 8.30. The van der Waals surface area contributed by atoms with Crippen LogP contribution in [0, 0.1) is 0 Å². The largest absolute Gasteiger partial charge is 0.493 e. The summed E-state index contributed by atoms with van der Waals surface area (Å²) in [6, 6.07) is 12.8. The summed E-state index contributed by atoms with van der Waals surface area (Å²) < 4.78 is 25.1. The summed E-state index contributed by atoms with van der Waals surface area (Å²) >= 11 is 0. The Morgan fingerprint density at radius 3 is 2.76 bits per heavy atom. The molecule has 1 aromatic heterocycles. The second kappa shape index (κ2) is 15.7. The average molecular weight is 634 g/mol. The molecule has 4 heterocycles. The van der Waals surface area contributed by atoms with Crippen molar-refractivity contribution in [3.8, 4) is 17.2 Å². The van der Waals surface area contributed by atoms with Crippen molar-refractivity contribution >= 4 is 17.7 Å². The van der Waals surface area contributed by atoms with Gasteiger partial charge in [0.1, 0.15) is 5.75 Å². The van der Waals surface area contributed by atoms with E-state index in [1.807, 2.05) is 49.4 Å². The highest BCUT2D eigenvalue weighted by Crippen LogP contribution is 2.33. The van der Waals surface area contributed by atoms with E-state index < -0.39 is 6.04 Å². The maximum Gasteiger partial charge on any atom is 0.257 e. The minimum Gasteiger partial charge on any atom is -0.493 e. The second-order valence-corrected chi connectivity index (χ2v) is 11.5. The molecule has 4 bridgehead atoms. The molecule has 1 N–H and O–H groups in total. The lowest BCUT2D eigenvalue weighted by molar-refractivity contribution is -0.137. The summed E-state index contributed by atoms with van der Waals surface area (Å²) in [7, 11) is 3.19. The van der Waals surface area contributed by atoms with Gasteiger partial charge >= 0.3 is 0 Å². The third-order valence-corrected chi connectivity index (χ3v) is 8.30. The fraction of sp³-hybridized carbons (Fsp3) is 0.471. The lowest BCUT2D eigenvalue weighted by Crippen LogP contribution is -2.58. The molecule has 2 atom stereocenters. The quantitative estimate of drug-likeness (QED) is 0.393. The standard InChI is InChI=1S/C34H43N5O7/c1-4-39-20-26(19-35-39)34(42)38-15-13-29-28(21-38)36-32(40)22-37(14-6-16-43-2)33(41)12-10-24-9-11-30(31(18-24)44-3)46-27-8-5-7-25(17-27)23-45-29/h5,7-9,11,17-20,28-29H,4,6,10,12-16,21-23H2,1-3H3,(H,36,40)/t28-,29+/m0/s1. The van der Waals surface area contributed by atoms with E-state index in [4.69, 9.17) is 18.9 Å². The predicted octanol–water partition coefficient (Wildman–Crippen LogP) is 3.43. The number of aryl methyl sites for hydroxylation is 2. The van der Waals surface area contributed by atoms with Gasteiger partial charge in [0, 0.05) is 52.5 Å². The highest BCUT2D eigenvalue weighted by Gasteiger charge is 2.34. The zero-order chi connectivity index (χ0) is 32.5. The number of nitrogens with one attached hydrogen (secondary N) is 1. The number of methoxy groups -OCH3 is 2. The van der Waals surface area contributed by atoms with Gasteiger partial charge in [-0.2, -0.15) is 5.10 Å². The Labute approximate surface area is 269 Å². The molecule has 1 fully saturated rings. The number of benzene rings is 2. The van der Waals surface area contributed by atoms with Gasteiger partial charge < -0.3 is 34.1 Å². The molecule has 0 spiro atoms. The summed E-state index contributed by atoms with van der Waals surface area (Å²) in [5.74, 6) is 1.16. The Kier molecular flexibility index (Phi) is 11.3. The molecule has 0 aliphatic carbocycles. The number of hydrogen-bond acceptors (Lipinski definition) is 8. The molecule has 0 radical (unpaired) electrons. The summed E-state index contributed by atoms with van der Waals surface area (Å²) in [6.07, 6.45) is 4.75. The zero-order valence-corrected chi connectivity index (χ0v) is 26.8. The van der Waals surface area contributed by atoms with Gasteiger partial charge in [-0.05, 0) is 61.6 Å². The molecule has 6 rings (SSSR count). The molecule has 46 heavy (non-hydrogen) atoms. The number of nitrogens with zero attached hydrogens (tertiary/aromatic N) is 4. The van der Waals surface area contributed by atoms with Crippen LogP contribution in [0.5, 0.6) is 17.2 Å². The first-order chi connectivity index (χ1) is 22.4. The van der Waals surface area contributed by atoms with Crippen LogP contribution >= 0.6 is 0 Å². The van der Waals surface area contributed by atoms with Crippen LogP contribution in [0.2, 0.25) is 0 Å². The molecule has 246 valence electrons. The van der Waals surface area contributed by atoms with E-state index in [1.54, 1.807) is 41.1 Å². The number of amides is 3. The molecular weight excluding hydrogens is 590 g/mol. The average Bonchev–Trinajstić information content (AvgIpc) is 3.56. The Morgan fingerprint density at radius 2 is 1.98 bits per heavy atom. The van der Waals surface area contributed by atoms with Crippen LogP contribution < -0.4 is 14.8 Å². The number of fused-ring (bicyclic) bond motifs is 9. The van der Waals surface area contributed by atoms with E-state index in [1.165, 1.54) is 0 Å². The van der Waals surface area contributed by atoms with E-state index in [0.717, 1.165) is 11.1 Å². The molecule has 12 heteroatoms. The van der Waals surface area contributed by atoms with Crippen molar-refractivity contribution in [3.05, 3.63) is 71.5 Å². The van der Waals surface area contributed by atoms with Gasteiger partial charge in [0.15, 0.2) is 11.5 Å². The molecule has 3 aromatic rings. The van der Waals surface area contributed by atoms with Crippen molar-refractivity contribution in [2.45, 2.75) is 57.9 Å². The lowest BCUT2D eigenvalue weighted by Gasteiger charge is -2.39. The van der Waals surface area contributed by atoms with E-state index in [-0.39, 0.29) is 49.9 Å². The number of aromatic nitrogens is 2. The molecular formula is C34H43N5O7. The van der Waals surface area contributed by atoms with Gasteiger partial charge in [-0.25, -0.2) is 0 Å². The minimum atomic E-state index is -0.483. The second-order valence-electron chi connectivity index (χ2n) is 11.5. The molecule has 0 saturated carbocycles. The van der Waals surface area contributed by atoms with Crippen molar-refractivity contribution in [1.82, 2.24) is 24.9 Å². The molecule has 3 aliphatic heterocycles. The number of rotatable bonds is 7. The number of hydrogen-bond donors (Lipinski definition) is 1. The number of carbonyl (C=O) groups excluding carboxylic acids is 3. The number of likely N-dealkylation sites (tertiary alicyclic amines) is 1. The van der Waals surface area contributed by atoms with Crippen molar-refractivity contribution in [3.63, 3.8) is 0 Å². The van der Waals surface area contributed by atoms with Gasteiger partial charge in [-0.15, -0.1) is 0 Å². The van der Waals surface area contributed by atoms with E-state index in [2.05, 4.69) is 10.4 Å². The third kappa shape index (κ3) is 8.43. The maximum atomic E-state index is 13.5. The first kappa shape index (κ1) is 33.0. The highest BCUT2D eigenvalue weighted by molar-refractivity contribution is 5.94.